The van der Waals surface area contributed by atoms with Gasteiger partial charge in [0.1, 0.15) is 0 Å². The SMILES string of the molecule is CC(CC(=O)N1CCCC(C(=O)Nc2ccccc2)C1)c1ccccc1. The van der Waals surface area contributed by atoms with E-state index in [0.717, 1.165) is 25.1 Å². The van der Waals surface area contributed by atoms with Crippen LogP contribution in [-0.2, 0) is 9.59 Å². The smallest absolute Gasteiger partial charge is 0.229 e. The number of likely N-dealkylation sites (tertiary alicyclic amines) is 1. The summed E-state index contributed by atoms with van der Waals surface area (Å²) in [6.45, 7) is 3.34. The second kappa shape index (κ2) is 8.65. The molecule has 2 unspecified atom stereocenters. The molecule has 1 aliphatic rings. The number of nitrogens with one attached hydrogen (secondary N) is 1. The van der Waals surface area contributed by atoms with Gasteiger partial charge in [-0.3, -0.25) is 9.59 Å². The number of nitrogens with zero attached hydrogens (tertiary/aromatic N) is 1. The summed E-state index contributed by atoms with van der Waals surface area (Å²) in [5, 5.41) is 2.96. The van der Waals surface area contributed by atoms with Crippen LogP contribution in [0.25, 0.3) is 0 Å². The van der Waals surface area contributed by atoms with Crippen LogP contribution in [0.3, 0.4) is 0 Å². The van der Waals surface area contributed by atoms with Crippen LogP contribution >= 0.6 is 0 Å². The Hall–Kier alpha value is -2.62. The molecule has 0 radical (unpaired) electrons. The molecule has 136 valence electrons. The Morgan fingerprint density at radius 1 is 1.08 bits per heavy atom. The first-order valence-corrected chi connectivity index (χ1v) is 9.32. The fourth-order valence-corrected chi connectivity index (χ4v) is 3.47. The van der Waals surface area contributed by atoms with Gasteiger partial charge < -0.3 is 10.2 Å². The first-order chi connectivity index (χ1) is 12.6. The maximum atomic E-state index is 12.7. The lowest BCUT2D eigenvalue weighted by Gasteiger charge is -2.32. The summed E-state index contributed by atoms with van der Waals surface area (Å²) in [5.41, 5.74) is 1.98. The number of amides is 2. The normalized spacial score (nSPS) is 18.2. The van der Waals surface area contributed by atoms with Crippen molar-refractivity contribution in [2.24, 2.45) is 5.92 Å². The number of hydrogen-bond donors (Lipinski definition) is 1. The molecule has 4 nitrogen and oxygen atoms in total. The van der Waals surface area contributed by atoms with E-state index >= 15 is 0 Å². The highest BCUT2D eigenvalue weighted by Gasteiger charge is 2.29. The summed E-state index contributed by atoms with van der Waals surface area (Å²) < 4.78 is 0. The predicted molar refractivity (Wildman–Crippen MR) is 104 cm³/mol. The molecule has 1 saturated heterocycles. The van der Waals surface area contributed by atoms with Crippen molar-refractivity contribution in [2.45, 2.75) is 32.1 Å². The molecule has 0 bridgehead atoms. The van der Waals surface area contributed by atoms with Crippen molar-refractivity contribution in [2.75, 3.05) is 18.4 Å². The van der Waals surface area contributed by atoms with Crippen LogP contribution in [-0.4, -0.2) is 29.8 Å². The van der Waals surface area contributed by atoms with Crippen LogP contribution in [0, 0.1) is 5.92 Å². The van der Waals surface area contributed by atoms with Crippen LogP contribution in [0.2, 0.25) is 0 Å². The first kappa shape index (κ1) is 18.2. The Kier molecular flexibility index (Phi) is 6.05. The third-order valence-electron chi connectivity index (χ3n) is 5.04. The molecule has 4 heteroatoms. The molecule has 1 aliphatic heterocycles. The zero-order chi connectivity index (χ0) is 18.4. The van der Waals surface area contributed by atoms with Crippen LogP contribution in [0.5, 0.6) is 0 Å². The van der Waals surface area contributed by atoms with Gasteiger partial charge in [0.05, 0.1) is 5.92 Å². The number of hydrogen-bond acceptors (Lipinski definition) is 2. The van der Waals surface area contributed by atoms with E-state index in [1.54, 1.807) is 0 Å². The van der Waals surface area contributed by atoms with Gasteiger partial charge in [0.2, 0.25) is 11.8 Å². The lowest BCUT2D eigenvalue weighted by Crippen LogP contribution is -2.44. The molecular weight excluding hydrogens is 324 g/mol. The second-order valence-corrected chi connectivity index (χ2v) is 7.05. The van der Waals surface area contributed by atoms with E-state index in [0.29, 0.717) is 13.0 Å². The van der Waals surface area contributed by atoms with E-state index in [1.165, 1.54) is 5.56 Å². The summed E-state index contributed by atoms with van der Waals surface area (Å²) >= 11 is 0. The molecule has 1 heterocycles. The molecule has 0 aliphatic carbocycles. The Morgan fingerprint density at radius 2 is 1.73 bits per heavy atom. The highest BCUT2D eigenvalue weighted by Crippen LogP contribution is 2.23. The number of piperidine rings is 1. The molecule has 1 N–H and O–H groups in total. The van der Waals surface area contributed by atoms with Gasteiger partial charge in [-0.1, -0.05) is 55.5 Å². The van der Waals surface area contributed by atoms with Gasteiger partial charge in [-0.05, 0) is 36.5 Å². The van der Waals surface area contributed by atoms with Crippen molar-refractivity contribution in [1.82, 2.24) is 4.90 Å². The van der Waals surface area contributed by atoms with Gasteiger partial charge in [-0.25, -0.2) is 0 Å². The fourth-order valence-electron chi connectivity index (χ4n) is 3.47. The van der Waals surface area contributed by atoms with Crippen molar-refractivity contribution in [1.29, 1.82) is 0 Å². The van der Waals surface area contributed by atoms with Crippen LogP contribution in [0.4, 0.5) is 5.69 Å². The highest BCUT2D eigenvalue weighted by atomic mass is 16.2. The minimum atomic E-state index is -0.139. The molecule has 1 fully saturated rings. The van der Waals surface area contributed by atoms with E-state index < -0.39 is 0 Å². The van der Waals surface area contributed by atoms with Crippen molar-refractivity contribution in [3.8, 4) is 0 Å². The summed E-state index contributed by atoms with van der Waals surface area (Å²) in [6.07, 6.45) is 2.19. The molecule has 2 aromatic carbocycles. The second-order valence-electron chi connectivity index (χ2n) is 7.05. The van der Waals surface area contributed by atoms with E-state index in [4.69, 9.17) is 0 Å². The van der Waals surface area contributed by atoms with Crippen LogP contribution in [0.1, 0.15) is 37.7 Å². The molecule has 2 atom stereocenters. The lowest BCUT2D eigenvalue weighted by atomic mass is 9.94. The third kappa shape index (κ3) is 4.72. The van der Waals surface area contributed by atoms with Gasteiger partial charge in [-0.15, -0.1) is 0 Å². The molecule has 26 heavy (non-hydrogen) atoms. The van der Waals surface area contributed by atoms with Gasteiger partial charge in [0, 0.05) is 25.2 Å². The maximum absolute atomic E-state index is 12.7. The Morgan fingerprint density at radius 3 is 2.42 bits per heavy atom. The predicted octanol–water partition coefficient (Wildman–Crippen LogP) is 4.06. The molecule has 2 amide bonds. The minimum absolute atomic E-state index is 0.00445. The quantitative estimate of drug-likeness (QED) is 0.884. The number of carbonyl (C=O) groups is 2. The Bertz CT molecular complexity index is 730. The third-order valence-corrected chi connectivity index (χ3v) is 5.04. The molecule has 0 aromatic heterocycles. The number of carbonyl (C=O) groups excluding carboxylic acids is 2. The Labute approximate surface area is 155 Å². The average Bonchev–Trinajstić information content (AvgIpc) is 2.69. The summed E-state index contributed by atoms with van der Waals surface area (Å²) in [7, 11) is 0. The van der Waals surface area contributed by atoms with Crippen molar-refractivity contribution in [3.05, 3.63) is 66.2 Å². The van der Waals surface area contributed by atoms with E-state index in [9.17, 15) is 9.59 Å². The summed E-state index contributed by atoms with van der Waals surface area (Å²) in [6, 6.07) is 19.6. The van der Waals surface area contributed by atoms with E-state index in [-0.39, 0.29) is 23.7 Å². The van der Waals surface area contributed by atoms with Crippen molar-refractivity contribution >= 4 is 17.5 Å². The zero-order valence-corrected chi connectivity index (χ0v) is 15.2. The standard InChI is InChI=1S/C22H26N2O2/c1-17(18-9-4-2-5-10-18)15-21(25)24-14-8-11-19(16-24)22(26)23-20-12-6-3-7-13-20/h2-7,9-10,12-13,17,19H,8,11,14-16H2,1H3,(H,23,26). The molecule has 0 saturated carbocycles. The molecule has 0 spiro atoms. The van der Waals surface area contributed by atoms with Crippen LogP contribution in [0.15, 0.2) is 60.7 Å². The lowest BCUT2D eigenvalue weighted by molar-refractivity contribution is -0.134. The van der Waals surface area contributed by atoms with Crippen molar-refractivity contribution < 1.29 is 9.59 Å². The summed E-state index contributed by atoms with van der Waals surface area (Å²) in [4.78, 5) is 27.1. The van der Waals surface area contributed by atoms with Crippen molar-refractivity contribution in [3.63, 3.8) is 0 Å². The monoisotopic (exact) mass is 350 g/mol. The van der Waals surface area contributed by atoms with E-state index in [1.807, 2.05) is 53.4 Å². The first-order valence-electron chi connectivity index (χ1n) is 9.32. The van der Waals surface area contributed by atoms with Gasteiger partial charge >= 0.3 is 0 Å². The number of rotatable bonds is 5. The molecule has 2 aromatic rings. The molecule has 3 rings (SSSR count). The van der Waals surface area contributed by atoms with Gasteiger partial charge in [-0.2, -0.15) is 0 Å². The van der Waals surface area contributed by atoms with Gasteiger partial charge in [0.25, 0.3) is 0 Å². The maximum Gasteiger partial charge on any atom is 0.229 e. The number of para-hydroxylation sites is 1. The Balaban J connectivity index is 1.55. The van der Waals surface area contributed by atoms with E-state index in [2.05, 4.69) is 24.4 Å². The van der Waals surface area contributed by atoms with Gasteiger partial charge in [0.15, 0.2) is 0 Å². The topological polar surface area (TPSA) is 49.4 Å². The fraction of sp³-hybridized carbons (Fsp3) is 0.364. The highest BCUT2D eigenvalue weighted by molar-refractivity contribution is 5.93. The zero-order valence-electron chi connectivity index (χ0n) is 15.2. The van der Waals surface area contributed by atoms with Crippen LogP contribution < -0.4 is 5.32 Å². The molecular formula is C22H26N2O2. The summed E-state index contributed by atoms with van der Waals surface area (Å²) in [5.74, 6) is 0.186. The average molecular weight is 350 g/mol. The number of benzene rings is 2. The number of anilines is 1. The largest absolute Gasteiger partial charge is 0.342 e. The minimum Gasteiger partial charge on any atom is -0.342 e.